The van der Waals surface area contributed by atoms with E-state index < -0.39 is 0 Å². The lowest BCUT2D eigenvalue weighted by Gasteiger charge is -2.23. The Hall–Kier alpha value is -0.860. The van der Waals surface area contributed by atoms with E-state index in [0.717, 1.165) is 19.4 Å². The van der Waals surface area contributed by atoms with Crippen LogP contribution < -0.4 is 5.32 Å². The smallest absolute Gasteiger partial charge is 0.0561 e. The van der Waals surface area contributed by atoms with Crippen LogP contribution in [0.3, 0.4) is 0 Å². The average molecular weight is 249 g/mol. The maximum Gasteiger partial charge on any atom is 0.0561 e. The highest BCUT2D eigenvalue weighted by atomic mass is 16.5. The molecule has 0 aliphatic rings. The first-order valence-corrected chi connectivity index (χ1v) is 6.91. The second kappa shape index (κ2) is 7.55. The van der Waals surface area contributed by atoms with Crippen molar-refractivity contribution in [2.75, 3.05) is 13.7 Å². The normalized spacial score (nSPS) is 14.5. The molecule has 2 heteroatoms. The van der Waals surface area contributed by atoms with Crippen molar-refractivity contribution < 1.29 is 4.74 Å². The first-order chi connectivity index (χ1) is 8.56. The van der Waals surface area contributed by atoms with Crippen LogP contribution in [0.15, 0.2) is 18.2 Å². The van der Waals surface area contributed by atoms with E-state index in [0.29, 0.717) is 6.04 Å². The number of benzene rings is 1. The van der Waals surface area contributed by atoms with E-state index in [9.17, 15) is 0 Å². The van der Waals surface area contributed by atoms with Gasteiger partial charge in [0.15, 0.2) is 0 Å². The Labute approximate surface area is 112 Å². The lowest BCUT2D eigenvalue weighted by molar-refractivity contribution is 0.100. The maximum absolute atomic E-state index is 5.40. The van der Waals surface area contributed by atoms with Crippen LogP contribution in [0.4, 0.5) is 0 Å². The van der Waals surface area contributed by atoms with E-state index >= 15 is 0 Å². The van der Waals surface area contributed by atoms with E-state index in [4.69, 9.17) is 4.74 Å². The molecule has 2 unspecified atom stereocenters. The lowest BCUT2D eigenvalue weighted by Crippen LogP contribution is -2.26. The van der Waals surface area contributed by atoms with Crippen molar-refractivity contribution in [1.29, 1.82) is 0 Å². The van der Waals surface area contributed by atoms with Crippen LogP contribution >= 0.6 is 0 Å². The summed E-state index contributed by atoms with van der Waals surface area (Å²) in [5, 5.41) is 3.63. The predicted molar refractivity (Wildman–Crippen MR) is 78.0 cm³/mol. The zero-order valence-electron chi connectivity index (χ0n) is 12.4. The number of methoxy groups -OCH3 is 1. The van der Waals surface area contributed by atoms with E-state index in [1.807, 2.05) is 0 Å². The second-order valence-corrected chi connectivity index (χ2v) is 5.21. The first kappa shape index (κ1) is 15.2. The third-order valence-electron chi connectivity index (χ3n) is 3.26. The Bertz CT molecular complexity index is 342. The fourth-order valence-electron chi connectivity index (χ4n) is 2.30. The van der Waals surface area contributed by atoms with Crippen LogP contribution in [-0.2, 0) is 4.74 Å². The summed E-state index contributed by atoms with van der Waals surface area (Å²) >= 11 is 0. The van der Waals surface area contributed by atoms with Crippen LogP contribution in [0.1, 0.15) is 49.4 Å². The van der Waals surface area contributed by atoms with Gasteiger partial charge in [-0.2, -0.15) is 0 Å². The van der Waals surface area contributed by atoms with Crippen LogP contribution in [0.25, 0.3) is 0 Å². The van der Waals surface area contributed by atoms with Gasteiger partial charge in [0.2, 0.25) is 0 Å². The minimum Gasteiger partial charge on any atom is -0.382 e. The molecule has 1 aromatic carbocycles. The predicted octanol–water partition coefficient (Wildman–Crippen LogP) is 3.77. The van der Waals surface area contributed by atoms with Gasteiger partial charge in [-0.3, -0.25) is 0 Å². The van der Waals surface area contributed by atoms with Crippen molar-refractivity contribution in [3.05, 3.63) is 34.9 Å². The lowest BCUT2D eigenvalue weighted by atomic mass is 9.97. The number of hydrogen-bond donors (Lipinski definition) is 1. The summed E-state index contributed by atoms with van der Waals surface area (Å²) < 4.78 is 5.40. The first-order valence-electron chi connectivity index (χ1n) is 6.91. The maximum atomic E-state index is 5.40. The van der Waals surface area contributed by atoms with Crippen molar-refractivity contribution in [3.63, 3.8) is 0 Å². The average Bonchev–Trinajstić information content (AvgIpc) is 2.32. The van der Waals surface area contributed by atoms with Crippen LogP contribution in [-0.4, -0.2) is 19.8 Å². The fraction of sp³-hybridized carbons (Fsp3) is 0.625. The Balaban J connectivity index is 2.85. The highest BCUT2D eigenvalue weighted by Gasteiger charge is 2.15. The summed E-state index contributed by atoms with van der Waals surface area (Å²) in [5.74, 6) is 0. The molecule has 1 rings (SSSR count). The van der Waals surface area contributed by atoms with Gasteiger partial charge in [0.25, 0.3) is 0 Å². The van der Waals surface area contributed by atoms with Gasteiger partial charge in [-0.05, 0) is 45.7 Å². The van der Waals surface area contributed by atoms with Crippen molar-refractivity contribution in [3.8, 4) is 0 Å². The molecule has 1 N–H and O–H groups in total. The van der Waals surface area contributed by atoms with Gasteiger partial charge < -0.3 is 10.1 Å². The molecule has 0 saturated carbocycles. The van der Waals surface area contributed by atoms with Gasteiger partial charge in [-0.25, -0.2) is 0 Å². The quantitative estimate of drug-likeness (QED) is 0.794. The molecule has 2 atom stereocenters. The summed E-state index contributed by atoms with van der Waals surface area (Å²) in [7, 11) is 1.78. The van der Waals surface area contributed by atoms with E-state index in [1.165, 1.54) is 16.7 Å². The summed E-state index contributed by atoms with van der Waals surface area (Å²) in [6.07, 6.45) is 2.45. The molecule has 0 aliphatic carbocycles. The molecule has 0 aromatic heterocycles. The number of hydrogen-bond acceptors (Lipinski definition) is 2. The number of aryl methyl sites for hydroxylation is 2. The summed E-state index contributed by atoms with van der Waals surface area (Å²) in [4.78, 5) is 0. The van der Waals surface area contributed by atoms with Crippen molar-refractivity contribution >= 4 is 0 Å². The Kier molecular flexibility index (Phi) is 6.37. The molecule has 0 radical (unpaired) electrons. The topological polar surface area (TPSA) is 21.3 Å². The largest absolute Gasteiger partial charge is 0.382 e. The highest BCUT2D eigenvalue weighted by Crippen LogP contribution is 2.22. The molecule has 0 saturated heterocycles. The van der Waals surface area contributed by atoms with Gasteiger partial charge >= 0.3 is 0 Å². The highest BCUT2D eigenvalue weighted by molar-refractivity contribution is 5.30. The standard InChI is InChI=1S/C16H27NO/c1-6-7-17-16(11-14(4)18-5)15-9-12(2)8-13(3)10-15/h8-10,14,16-17H,6-7,11H2,1-5H3. The molecule has 0 spiro atoms. The number of ether oxygens (including phenoxy) is 1. The van der Waals surface area contributed by atoms with Crippen molar-refractivity contribution in [2.24, 2.45) is 0 Å². The van der Waals surface area contributed by atoms with Gasteiger partial charge in [0.1, 0.15) is 0 Å². The van der Waals surface area contributed by atoms with E-state index in [1.54, 1.807) is 7.11 Å². The van der Waals surface area contributed by atoms with Crippen LogP contribution in [0, 0.1) is 13.8 Å². The van der Waals surface area contributed by atoms with E-state index in [2.05, 4.69) is 51.2 Å². The van der Waals surface area contributed by atoms with Crippen LogP contribution in [0.2, 0.25) is 0 Å². The van der Waals surface area contributed by atoms with Crippen LogP contribution in [0.5, 0.6) is 0 Å². The molecule has 18 heavy (non-hydrogen) atoms. The number of rotatable bonds is 7. The van der Waals surface area contributed by atoms with Gasteiger partial charge in [-0.1, -0.05) is 36.2 Å². The molecular weight excluding hydrogens is 222 g/mol. The fourth-order valence-corrected chi connectivity index (χ4v) is 2.30. The molecule has 0 aliphatic heterocycles. The molecule has 0 fully saturated rings. The van der Waals surface area contributed by atoms with Crippen molar-refractivity contribution in [1.82, 2.24) is 5.32 Å². The zero-order valence-corrected chi connectivity index (χ0v) is 12.4. The molecular formula is C16H27NO. The monoisotopic (exact) mass is 249 g/mol. The van der Waals surface area contributed by atoms with E-state index in [-0.39, 0.29) is 6.10 Å². The SMILES string of the molecule is CCCNC(CC(C)OC)c1cc(C)cc(C)c1. The number of nitrogens with one attached hydrogen (secondary N) is 1. The Morgan fingerprint density at radius 3 is 2.28 bits per heavy atom. The zero-order chi connectivity index (χ0) is 13.5. The Morgan fingerprint density at radius 2 is 1.78 bits per heavy atom. The summed E-state index contributed by atoms with van der Waals surface area (Å²) in [6.45, 7) is 9.70. The van der Waals surface area contributed by atoms with Gasteiger partial charge in [0, 0.05) is 13.2 Å². The molecule has 0 amide bonds. The Morgan fingerprint density at radius 1 is 1.17 bits per heavy atom. The molecule has 0 bridgehead atoms. The molecule has 102 valence electrons. The molecule has 2 nitrogen and oxygen atoms in total. The minimum absolute atomic E-state index is 0.278. The van der Waals surface area contributed by atoms with Gasteiger partial charge in [-0.15, -0.1) is 0 Å². The summed E-state index contributed by atoms with van der Waals surface area (Å²) in [5.41, 5.74) is 4.04. The summed E-state index contributed by atoms with van der Waals surface area (Å²) in [6, 6.07) is 7.17. The third-order valence-corrected chi connectivity index (χ3v) is 3.26. The third kappa shape index (κ3) is 4.79. The molecule has 1 aromatic rings. The minimum atomic E-state index is 0.278. The second-order valence-electron chi connectivity index (χ2n) is 5.21. The van der Waals surface area contributed by atoms with Gasteiger partial charge in [0.05, 0.1) is 6.10 Å². The molecule has 0 heterocycles. The van der Waals surface area contributed by atoms with Crippen molar-refractivity contribution in [2.45, 2.75) is 52.7 Å².